The SMILES string of the molecule is C=CCCCCCC(=O)N[C@@H](Cc1ccccc1)C(=O)N[C@H]1COC(=O)[C@@H]2C[C@@H](C)CN2C(=O)[C@H](C)NC(=O)[C@H](C)N(C)C(=O)c2cccn2C1=O. The summed E-state index contributed by atoms with van der Waals surface area (Å²) in [5, 5.41) is 8.12. The van der Waals surface area contributed by atoms with E-state index in [1.807, 2.05) is 31.2 Å². The molecule has 1 aromatic carbocycles. The van der Waals surface area contributed by atoms with Crippen LogP contribution in [-0.4, -0.2) is 106 Å². The van der Waals surface area contributed by atoms with Gasteiger partial charge in [0.05, 0.1) is 0 Å². The molecule has 3 heterocycles. The Hall–Kier alpha value is -5.27. The minimum Gasteiger partial charge on any atom is -0.461 e. The quantitative estimate of drug-likeness (QED) is 0.180. The Morgan fingerprint density at radius 3 is 2.44 bits per heavy atom. The highest BCUT2D eigenvalue weighted by molar-refractivity contribution is 6.02. The molecule has 2 aliphatic heterocycles. The number of fused-ring (bicyclic) bond motifs is 2. The molecule has 14 heteroatoms. The number of aromatic nitrogens is 1. The highest BCUT2D eigenvalue weighted by atomic mass is 16.5. The molecule has 0 bridgehead atoms. The monoisotopic (exact) mass is 718 g/mol. The highest BCUT2D eigenvalue weighted by Crippen LogP contribution is 2.25. The van der Waals surface area contributed by atoms with E-state index in [0.29, 0.717) is 12.8 Å². The van der Waals surface area contributed by atoms with Gasteiger partial charge in [0.1, 0.15) is 42.5 Å². The number of esters is 1. The Bertz CT molecular complexity index is 1640. The Labute approximate surface area is 304 Å². The second kappa shape index (κ2) is 18.3. The topological polar surface area (TPSA) is 176 Å². The summed E-state index contributed by atoms with van der Waals surface area (Å²) in [6.45, 7) is 8.22. The van der Waals surface area contributed by atoms with E-state index < -0.39 is 72.3 Å². The molecule has 4 rings (SSSR count). The average Bonchev–Trinajstić information content (AvgIpc) is 3.78. The van der Waals surface area contributed by atoms with Gasteiger partial charge < -0.3 is 30.5 Å². The first kappa shape index (κ1) is 39.5. The molecule has 0 radical (unpaired) electrons. The zero-order valence-corrected chi connectivity index (χ0v) is 30.3. The van der Waals surface area contributed by atoms with Gasteiger partial charge in [-0.2, -0.15) is 0 Å². The maximum Gasteiger partial charge on any atom is 0.328 e. The summed E-state index contributed by atoms with van der Waals surface area (Å²) in [5.74, 6) is -4.44. The number of carbonyl (C=O) groups excluding carboxylic acids is 7. The number of ether oxygens (including phenoxy) is 1. The minimum absolute atomic E-state index is 0.0573. The number of benzene rings is 1. The van der Waals surface area contributed by atoms with Gasteiger partial charge in [0.2, 0.25) is 23.6 Å². The van der Waals surface area contributed by atoms with Crippen molar-refractivity contribution in [1.82, 2.24) is 30.3 Å². The third-order valence-corrected chi connectivity index (χ3v) is 9.53. The van der Waals surface area contributed by atoms with Crippen molar-refractivity contribution in [2.24, 2.45) is 5.92 Å². The molecule has 1 aromatic heterocycles. The number of unbranched alkanes of at least 4 members (excludes halogenated alkanes) is 3. The number of hydrogen-bond acceptors (Lipinski definition) is 8. The third kappa shape index (κ3) is 9.95. The molecule has 1 saturated heterocycles. The number of amides is 5. The van der Waals surface area contributed by atoms with Gasteiger partial charge in [-0.25, -0.2) is 4.79 Å². The van der Waals surface area contributed by atoms with Crippen LogP contribution in [0.1, 0.15) is 80.1 Å². The fourth-order valence-corrected chi connectivity index (χ4v) is 6.39. The summed E-state index contributed by atoms with van der Waals surface area (Å²) in [5.41, 5.74) is 0.661. The number of carbonyl (C=O) groups is 7. The number of likely N-dealkylation sites (N-methyl/N-ethyl adjacent to an activating group) is 1. The van der Waals surface area contributed by atoms with Crippen LogP contribution in [-0.2, 0) is 35.1 Å². The summed E-state index contributed by atoms with van der Waals surface area (Å²) in [6, 6.07) is 6.32. The van der Waals surface area contributed by atoms with Crippen LogP contribution in [0.5, 0.6) is 0 Å². The lowest BCUT2D eigenvalue weighted by Crippen LogP contribution is -2.56. The number of rotatable bonds is 11. The fourth-order valence-electron chi connectivity index (χ4n) is 6.39. The normalized spacial score (nSPS) is 23.6. The molecule has 6 atom stereocenters. The molecule has 14 nitrogen and oxygen atoms in total. The Morgan fingerprint density at radius 2 is 1.73 bits per heavy atom. The van der Waals surface area contributed by atoms with Crippen LogP contribution >= 0.6 is 0 Å². The summed E-state index contributed by atoms with van der Waals surface area (Å²) in [6.07, 6.45) is 6.94. The summed E-state index contributed by atoms with van der Waals surface area (Å²) >= 11 is 0. The molecule has 280 valence electrons. The maximum absolute atomic E-state index is 14.2. The molecule has 3 N–H and O–H groups in total. The van der Waals surface area contributed by atoms with Gasteiger partial charge >= 0.3 is 5.97 Å². The van der Waals surface area contributed by atoms with Crippen molar-refractivity contribution < 1.29 is 38.3 Å². The van der Waals surface area contributed by atoms with E-state index >= 15 is 0 Å². The van der Waals surface area contributed by atoms with Gasteiger partial charge in [0.15, 0.2) is 0 Å². The lowest BCUT2D eigenvalue weighted by Gasteiger charge is -2.30. The van der Waals surface area contributed by atoms with E-state index in [9.17, 15) is 33.6 Å². The summed E-state index contributed by atoms with van der Waals surface area (Å²) in [4.78, 5) is 97.6. The molecule has 2 aliphatic rings. The van der Waals surface area contributed by atoms with Crippen molar-refractivity contribution in [3.63, 3.8) is 0 Å². The molecule has 2 aromatic rings. The fraction of sp³-hybridized carbons (Fsp3) is 0.500. The smallest absolute Gasteiger partial charge is 0.328 e. The van der Waals surface area contributed by atoms with Crippen LogP contribution < -0.4 is 16.0 Å². The van der Waals surface area contributed by atoms with E-state index in [0.717, 1.165) is 34.3 Å². The predicted octanol–water partition coefficient (Wildman–Crippen LogP) is 2.24. The van der Waals surface area contributed by atoms with Crippen LogP contribution in [0.3, 0.4) is 0 Å². The minimum atomic E-state index is -1.50. The van der Waals surface area contributed by atoms with Gasteiger partial charge in [0.25, 0.3) is 11.8 Å². The molecule has 52 heavy (non-hydrogen) atoms. The maximum atomic E-state index is 14.2. The zero-order valence-electron chi connectivity index (χ0n) is 30.3. The molecular weight excluding hydrogens is 668 g/mol. The lowest BCUT2D eigenvalue weighted by atomic mass is 10.0. The van der Waals surface area contributed by atoms with Crippen molar-refractivity contribution >= 4 is 41.4 Å². The molecule has 5 amide bonds. The second-order valence-corrected chi connectivity index (χ2v) is 13.7. The standard InChI is InChI=1S/C38H50N6O8/c1-6-7-8-9-13-18-32(45)40-28(21-27-15-11-10-12-16-27)34(47)41-29-23-52-38(51)31-20-24(2)22-44(31)35(48)25(3)39-33(46)26(4)42(5)37(50)30-17-14-19-43(30)36(29)49/h6,10-12,14-17,19,24-26,28-29,31H,1,7-9,13,18,20-23H2,2-5H3,(H,39,46)(H,40,45)(H,41,47)/t24-,25+,26+,28+,29+,31+/m1/s1. The van der Waals surface area contributed by atoms with Gasteiger partial charge in [-0.05, 0) is 63.1 Å². The van der Waals surface area contributed by atoms with Crippen LogP contribution in [0.25, 0.3) is 0 Å². The molecule has 0 spiro atoms. The first-order chi connectivity index (χ1) is 24.8. The molecule has 1 fully saturated rings. The van der Waals surface area contributed by atoms with E-state index in [1.165, 1.54) is 44.1 Å². The van der Waals surface area contributed by atoms with Gasteiger partial charge in [0, 0.05) is 32.6 Å². The van der Waals surface area contributed by atoms with Crippen molar-refractivity contribution in [3.05, 3.63) is 72.6 Å². The lowest BCUT2D eigenvalue weighted by molar-refractivity contribution is -0.154. The summed E-state index contributed by atoms with van der Waals surface area (Å²) in [7, 11) is 1.40. The van der Waals surface area contributed by atoms with Crippen LogP contribution in [0.15, 0.2) is 61.3 Å². The number of cyclic esters (lactones) is 1. The number of nitrogens with one attached hydrogen (secondary N) is 3. The first-order valence-electron chi connectivity index (χ1n) is 17.8. The number of allylic oxidation sites excluding steroid dienone is 1. The molecule has 0 aliphatic carbocycles. The van der Waals surface area contributed by atoms with E-state index in [4.69, 9.17) is 4.74 Å². The summed E-state index contributed by atoms with van der Waals surface area (Å²) < 4.78 is 6.70. The third-order valence-electron chi connectivity index (χ3n) is 9.53. The molecular formula is C38H50N6O8. The molecule has 0 unspecified atom stereocenters. The first-order valence-corrected chi connectivity index (χ1v) is 17.8. The number of hydrogen-bond donors (Lipinski definition) is 3. The largest absolute Gasteiger partial charge is 0.461 e. The van der Waals surface area contributed by atoms with E-state index in [2.05, 4.69) is 22.5 Å². The van der Waals surface area contributed by atoms with Crippen LogP contribution in [0.4, 0.5) is 0 Å². The van der Waals surface area contributed by atoms with Gasteiger partial charge in [-0.15, -0.1) is 6.58 Å². The van der Waals surface area contributed by atoms with Crippen molar-refractivity contribution in [2.75, 3.05) is 20.2 Å². The number of nitrogens with zero attached hydrogens (tertiary/aromatic N) is 3. The molecule has 0 saturated carbocycles. The van der Waals surface area contributed by atoms with Crippen LogP contribution in [0, 0.1) is 5.92 Å². The highest BCUT2D eigenvalue weighted by Gasteiger charge is 2.42. The van der Waals surface area contributed by atoms with Gasteiger partial charge in [-0.1, -0.05) is 49.8 Å². The van der Waals surface area contributed by atoms with Crippen LogP contribution in [0.2, 0.25) is 0 Å². The Morgan fingerprint density at radius 1 is 1.00 bits per heavy atom. The van der Waals surface area contributed by atoms with Crippen molar-refractivity contribution in [3.8, 4) is 0 Å². The second-order valence-electron chi connectivity index (χ2n) is 13.7. The van der Waals surface area contributed by atoms with Crippen molar-refractivity contribution in [1.29, 1.82) is 0 Å². The van der Waals surface area contributed by atoms with Gasteiger partial charge in [-0.3, -0.25) is 33.3 Å². The van der Waals surface area contributed by atoms with Crippen molar-refractivity contribution in [2.45, 2.75) is 95.9 Å². The average molecular weight is 719 g/mol. The zero-order chi connectivity index (χ0) is 37.9. The predicted molar refractivity (Wildman–Crippen MR) is 192 cm³/mol. The van der Waals surface area contributed by atoms with E-state index in [-0.39, 0.29) is 36.9 Å². The Kier molecular flexibility index (Phi) is 13.9. The van der Waals surface area contributed by atoms with E-state index in [1.54, 1.807) is 12.1 Å². The Balaban J connectivity index is 1.65.